The summed E-state index contributed by atoms with van der Waals surface area (Å²) < 4.78 is 0. The summed E-state index contributed by atoms with van der Waals surface area (Å²) in [6.07, 6.45) is 7.49. The molecule has 0 aliphatic carbocycles. The molecule has 162 valence electrons. The van der Waals surface area contributed by atoms with Crippen molar-refractivity contribution in [2.45, 2.75) is 6.54 Å². The lowest BCUT2D eigenvalue weighted by Gasteiger charge is -2.10. The first-order valence-electron chi connectivity index (χ1n) is 10.6. The lowest BCUT2D eigenvalue weighted by atomic mass is 10.0. The summed E-state index contributed by atoms with van der Waals surface area (Å²) in [6, 6.07) is 10.6. The standard InChI is InChI=1S/C25H21N7S/c1-32(2)13-15-7-18(10-26-9-15)16-3-4-21-19(8-16)24(31-30-21)25-28-22-12-27-11-20(23(22)29-25)17-5-6-33-14-17/h3-12,14H,13H2,1-2H3,(H,28,29)(H,30,31). The Hall–Kier alpha value is -3.88. The van der Waals surface area contributed by atoms with Gasteiger partial charge >= 0.3 is 0 Å². The van der Waals surface area contributed by atoms with Gasteiger partial charge in [0.15, 0.2) is 5.82 Å². The predicted molar refractivity (Wildman–Crippen MR) is 133 cm³/mol. The third kappa shape index (κ3) is 3.59. The van der Waals surface area contributed by atoms with Crippen molar-refractivity contribution in [1.82, 2.24) is 35.0 Å². The number of hydrogen-bond donors (Lipinski definition) is 2. The Bertz CT molecular complexity index is 1580. The van der Waals surface area contributed by atoms with Gasteiger partial charge in [-0.2, -0.15) is 16.4 Å². The van der Waals surface area contributed by atoms with Crippen molar-refractivity contribution in [1.29, 1.82) is 0 Å². The Kier molecular flexibility index (Phi) is 4.74. The molecule has 6 rings (SSSR count). The molecule has 7 nitrogen and oxygen atoms in total. The summed E-state index contributed by atoms with van der Waals surface area (Å²) in [5, 5.41) is 12.9. The van der Waals surface area contributed by atoms with Crippen LogP contribution in [0.3, 0.4) is 0 Å². The maximum atomic E-state index is 4.92. The van der Waals surface area contributed by atoms with Crippen LogP contribution in [0.15, 0.2) is 65.9 Å². The number of imidazole rings is 1. The van der Waals surface area contributed by atoms with Crippen LogP contribution in [0.5, 0.6) is 0 Å². The second-order valence-corrected chi connectivity index (χ2v) is 9.11. The van der Waals surface area contributed by atoms with Crippen LogP contribution in [0.1, 0.15) is 5.56 Å². The van der Waals surface area contributed by atoms with Crippen molar-refractivity contribution in [2.24, 2.45) is 0 Å². The van der Waals surface area contributed by atoms with E-state index >= 15 is 0 Å². The van der Waals surface area contributed by atoms with Crippen LogP contribution in [-0.4, -0.2) is 49.1 Å². The SMILES string of the molecule is CN(C)Cc1cncc(-c2ccc3[nH]nc(-c4nc5c(-c6ccsc6)cncc5[nH]4)c3c2)c1. The van der Waals surface area contributed by atoms with E-state index in [-0.39, 0.29) is 0 Å². The molecule has 0 radical (unpaired) electrons. The highest BCUT2D eigenvalue weighted by atomic mass is 32.1. The molecular weight excluding hydrogens is 430 g/mol. The van der Waals surface area contributed by atoms with Gasteiger partial charge in [0, 0.05) is 41.6 Å². The molecule has 0 saturated carbocycles. The molecule has 0 aliphatic heterocycles. The lowest BCUT2D eigenvalue weighted by molar-refractivity contribution is 0.402. The maximum Gasteiger partial charge on any atom is 0.159 e. The largest absolute Gasteiger partial charge is 0.335 e. The van der Waals surface area contributed by atoms with Gasteiger partial charge in [0.1, 0.15) is 11.2 Å². The van der Waals surface area contributed by atoms with E-state index in [0.717, 1.165) is 62.3 Å². The fraction of sp³-hybridized carbons (Fsp3) is 0.120. The fourth-order valence-corrected chi connectivity index (χ4v) is 4.80. The van der Waals surface area contributed by atoms with E-state index in [4.69, 9.17) is 4.98 Å². The average molecular weight is 452 g/mol. The van der Waals surface area contributed by atoms with Gasteiger partial charge in [-0.1, -0.05) is 6.07 Å². The molecule has 5 aromatic heterocycles. The van der Waals surface area contributed by atoms with E-state index in [1.165, 1.54) is 5.56 Å². The first-order chi connectivity index (χ1) is 16.2. The van der Waals surface area contributed by atoms with E-state index in [0.29, 0.717) is 0 Å². The summed E-state index contributed by atoms with van der Waals surface area (Å²) >= 11 is 1.66. The molecule has 5 heterocycles. The van der Waals surface area contributed by atoms with Crippen molar-refractivity contribution in [3.8, 4) is 33.8 Å². The van der Waals surface area contributed by atoms with Crippen molar-refractivity contribution < 1.29 is 0 Å². The number of aromatic amines is 2. The minimum atomic E-state index is 0.720. The molecule has 0 saturated heterocycles. The van der Waals surface area contributed by atoms with Crippen molar-refractivity contribution in [3.63, 3.8) is 0 Å². The van der Waals surface area contributed by atoms with Crippen LogP contribution in [0.4, 0.5) is 0 Å². The maximum absolute atomic E-state index is 4.92. The average Bonchev–Trinajstić information content (AvgIpc) is 3.57. The zero-order valence-corrected chi connectivity index (χ0v) is 19.0. The molecule has 0 unspecified atom stereocenters. The molecule has 0 amide bonds. The lowest BCUT2D eigenvalue weighted by Crippen LogP contribution is -2.10. The normalized spacial score (nSPS) is 11.7. The van der Waals surface area contributed by atoms with Gasteiger partial charge in [0.2, 0.25) is 0 Å². The van der Waals surface area contributed by atoms with Crippen molar-refractivity contribution in [3.05, 3.63) is 71.4 Å². The Labute approximate surface area is 194 Å². The van der Waals surface area contributed by atoms with E-state index < -0.39 is 0 Å². The monoisotopic (exact) mass is 451 g/mol. The number of pyridine rings is 2. The number of nitrogens with one attached hydrogen (secondary N) is 2. The van der Waals surface area contributed by atoms with Crippen LogP contribution < -0.4 is 0 Å². The molecule has 1 aromatic carbocycles. The molecular formula is C25H21N7S. The zero-order chi connectivity index (χ0) is 22.4. The molecule has 0 bridgehead atoms. The quantitative estimate of drug-likeness (QED) is 0.369. The topological polar surface area (TPSA) is 86.4 Å². The summed E-state index contributed by atoms with van der Waals surface area (Å²) in [6.45, 7) is 0.847. The first kappa shape index (κ1) is 19.8. The van der Waals surface area contributed by atoms with Gasteiger partial charge in [0.25, 0.3) is 0 Å². The number of hydrogen-bond acceptors (Lipinski definition) is 6. The number of benzene rings is 1. The molecule has 0 atom stereocenters. The molecule has 2 N–H and O–H groups in total. The van der Waals surface area contributed by atoms with Crippen LogP contribution in [0.2, 0.25) is 0 Å². The van der Waals surface area contributed by atoms with Gasteiger partial charge < -0.3 is 9.88 Å². The minimum absolute atomic E-state index is 0.720. The second kappa shape index (κ2) is 7.91. The molecule has 0 aliphatic rings. The van der Waals surface area contributed by atoms with E-state index in [1.807, 2.05) is 24.8 Å². The van der Waals surface area contributed by atoms with E-state index in [2.05, 4.69) is 85.2 Å². The highest BCUT2D eigenvalue weighted by Crippen LogP contribution is 2.33. The molecule has 33 heavy (non-hydrogen) atoms. The number of fused-ring (bicyclic) bond motifs is 2. The Morgan fingerprint density at radius 2 is 1.82 bits per heavy atom. The molecule has 6 aromatic rings. The first-order valence-corrected chi connectivity index (χ1v) is 11.5. The van der Waals surface area contributed by atoms with Crippen LogP contribution in [0.25, 0.3) is 55.7 Å². The summed E-state index contributed by atoms with van der Waals surface area (Å²) in [5.74, 6) is 0.720. The van der Waals surface area contributed by atoms with Gasteiger partial charge in [-0.05, 0) is 65.8 Å². The highest BCUT2D eigenvalue weighted by Gasteiger charge is 2.16. The molecule has 8 heteroatoms. The Morgan fingerprint density at radius 1 is 0.909 bits per heavy atom. The van der Waals surface area contributed by atoms with Gasteiger partial charge in [-0.25, -0.2) is 4.98 Å². The minimum Gasteiger partial charge on any atom is -0.335 e. The van der Waals surface area contributed by atoms with Crippen LogP contribution >= 0.6 is 11.3 Å². The zero-order valence-electron chi connectivity index (χ0n) is 18.2. The number of thiophene rings is 1. The predicted octanol–water partition coefficient (Wildman–Crippen LogP) is 5.35. The van der Waals surface area contributed by atoms with E-state index in [1.54, 1.807) is 11.3 Å². The van der Waals surface area contributed by atoms with Crippen molar-refractivity contribution >= 4 is 33.3 Å². The van der Waals surface area contributed by atoms with Crippen LogP contribution in [0, 0.1) is 0 Å². The summed E-state index contributed by atoms with van der Waals surface area (Å²) in [4.78, 5) is 19.3. The van der Waals surface area contributed by atoms with Crippen LogP contribution in [-0.2, 0) is 6.54 Å². The summed E-state index contributed by atoms with van der Waals surface area (Å²) in [7, 11) is 4.12. The van der Waals surface area contributed by atoms with E-state index in [9.17, 15) is 0 Å². The summed E-state index contributed by atoms with van der Waals surface area (Å²) in [5.41, 5.74) is 9.02. The Morgan fingerprint density at radius 3 is 2.67 bits per heavy atom. The van der Waals surface area contributed by atoms with Gasteiger partial charge in [0.05, 0.1) is 17.2 Å². The number of H-pyrrole nitrogens is 2. The Balaban J connectivity index is 1.45. The number of rotatable bonds is 5. The number of aromatic nitrogens is 6. The fourth-order valence-electron chi connectivity index (χ4n) is 4.15. The smallest absolute Gasteiger partial charge is 0.159 e. The van der Waals surface area contributed by atoms with Gasteiger partial charge in [-0.15, -0.1) is 0 Å². The molecule has 0 spiro atoms. The second-order valence-electron chi connectivity index (χ2n) is 8.33. The highest BCUT2D eigenvalue weighted by molar-refractivity contribution is 7.08. The van der Waals surface area contributed by atoms with Gasteiger partial charge in [-0.3, -0.25) is 15.1 Å². The number of nitrogens with zero attached hydrogens (tertiary/aromatic N) is 5. The third-order valence-electron chi connectivity index (χ3n) is 5.64. The third-order valence-corrected chi connectivity index (χ3v) is 6.32. The van der Waals surface area contributed by atoms with Crippen molar-refractivity contribution in [2.75, 3.05) is 14.1 Å². The molecule has 0 fully saturated rings.